The molecule has 36 heavy (non-hydrogen) atoms. The molecular weight excluding hydrogens is 441 g/mol. The molecule has 2 aliphatic rings. The van der Waals surface area contributed by atoms with Gasteiger partial charge in [0.05, 0.1) is 0 Å². The lowest BCUT2D eigenvalue weighted by atomic mass is 9.35. The summed E-state index contributed by atoms with van der Waals surface area (Å²) in [5.74, 6) is 3.51. The molecule has 5 aromatic carbocycles. The van der Waals surface area contributed by atoms with Gasteiger partial charge in [-0.2, -0.15) is 0 Å². The standard InChI is InChI=1S/C32H24BNO2/c1-21-10-14-23(15-11-21)34(24-16-12-22(2)13-17-24)25-18-19-27-31(20-25)36-30-9-5-8-29-32(30)33(27)26-6-3-4-7-28(26)35-29/h3-20H,1-2H3. The highest BCUT2D eigenvalue weighted by molar-refractivity contribution is 6.98. The molecule has 3 nitrogen and oxygen atoms in total. The molecule has 5 aromatic rings. The van der Waals surface area contributed by atoms with Gasteiger partial charge in [0.25, 0.3) is 6.71 Å². The molecule has 0 fully saturated rings. The number of fused-ring (bicyclic) bond motifs is 4. The van der Waals surface area contributed by atoms with Crippen molar-refractivity contribution in [1.29, 1.82) is 0 Å². The van der Waals surface area contributed by atoms with Crippen LogP contribution in [0.25, 0.3) is 0 Å². The summed E-state index contributed by atoms with van der Waals surface area (Å²) < 4.78 is 12.8. The van der Waals surface area contributed by atoms with Crippen molar-refractivity contribution >= 4 is 40.2 Å². The van der Waals surface area contributed by atoms with Crippen LogP contribution >= 0.6 is 0 Å². The minimum atomic E-state index is 0.0751. The summed E-state index contributed by atoms with van der Waals surface area (Å²) in [5, 5.41) is 0. The summed E-state index contributed by atoms with van der Waals surface area (Å²) in [6.45, 7) is 4.31. The minimum Gasteiger partial charge on any atom is -0.458 e. The van der Waals surface area contributed by atoms with Crippen LogP contribution in [0.4, 0.5) is 17.1 Å². The molecule has 0 spiro atoms. The quantitative estimate of drug-likeness (QED) is 0.278. The molecule has 0 atom stereocenters. The van der Waals surface area contributed by atoms with Gasteiger partial charge < -0.3 is 14.4 Å². The smallest absolute Gasteiger partial charge is 0.260 e. The van der Waals surface area contributed by atoms with Gasteiger partial charge in [0.15, 0.2) is 0 Å². The highest BCUT2D eigenvalue weighted by Crippen LogP contribution is 2.39. The zero-order chi connectivity index (χ0) is 24.2. The first kappa shape index (κ1) is 20.9. The molecule has 0 radical (unpaired) electrons. The molecule has 0 N–H and O–H groups in total. The van der Waals surface area contributed by atoms with E-state index >= 15 is 0 Å². The van der Waals surface area contributed by atoms with Gasteiger partial charge in [0, 0.05) is 28.6 Å². The summed E-state index contributed by atoms with van der Waals surface area (Å²) in [6.07, 6.45) is 0. The number of hydrogen-bond donors (Lipinski definition) is 0. The number of nitrogens with zero attached hydrogens (tertiary/aromatic N) is 1. The fourth-order valence-corrected chi connectivity index (χ4v) is 5.34. The van der Waals surface area contributed by atoms with Crippen molar-refractivity contribution in [3.8, 4) is 23.0 Å². The lowest BCUT2D eigenvalue weighted by Crippen LogP contribution is -2.57. The van der Waals surface area contributed by atoms with Crippen LogP contribution in [0, 0.1) is 13.8 Å². The highest BCUT2D eigenvalue weighted by Gasteiger charge is 2.39. The third kappa shape index (κ3) is 3.29. The van der Waals surface area contributed by atoms with Crippen molar-refractivity contribution < 1.29 is 9.47 Å². The topological polar surface area (TPSA) is 21.7 Å². The van der Waals surface area contributed by atoms with Crippen LogP contribution in [0.1, 0.15) is 11.1 Å². The Morgan fingerprint density at radius 3 is 1.69 bits per heavy atom. The second-order valence-corrected chi connectivity index (χ2v) is 9.57. The number of hydrogen-bond acceptors (Lipinski definition) is 3. The fraction of sp³-hybridized carbons (Fsp3) is 0.0625. The molecule has 2 aliphatic heterocycles. The SMILES string of the molecule is Cc1ccc(N(c2ccc(C)cc2)c2ccc3c(c2)Oc2cccc4c2B3c2ccccc2O4)cc1. The van der Waals surface area contributed by atoms with Gasteiger partial charge in [-0.15, -0.1) is 0 Å². The molecule has 0 amide bonds. The number of ether oxygens (including phenoxy) is 2. The molecule has 0 saturated heterocycles. The number of aryl methyl sites for hydroxylation is 2. The number of benzene rings is 5. The van der Waals surface area contributed by atoms with E-state index in [2.05, 4.69) is 97.6 Å². The Morgan fingerprint density at radius 2 is 1.03 bits per heavy atom. The van der Waals surface area contributed by atoms with Crippen molar-refractivity contribution in [2.75, 3.05) is 4.90 Å². The van der Waals surface area contributed by atoms with Gasteiger partial charge >= 0.3 is 0 Å². The predicted molar refractivity (Wildman–Crippen MR) is 148 cm³/mol. The summed E-state index contributed by atoms with van der Waals surface area (Å²) >= 11 is 0. The largest absolute Gasteiger partial charge is 0.458 e. The van der Waals surface area contributed by atoms with E-state index in [9.17, 15) is 0 Å². The first-order chi connectivity index (χ1) is 17.7. The van der Waals surface area contributed by atoms with Crippen LogP contribution in [0.15, 0.2) is 109 Å². The number of rotatable bonds is 3. The van der Waals surface area contributed by atoms with Gasteiger partial charge in [-0.3, -0.25) is 0 Å². The Balaban J connectivity index is 1.40. The van der Waals surface area contributed by atoms with E-state index in [1.54, 1.807) is 0 Å². The van der Waals surface area contributed by atoms with Crippen LogP contribution < -0.4 is 30.8 Å². The molecule has 0 unspecified atom stereocenters. The van der Waals surface area contributed by atoms with Crippen LogP contribution in [0.3, 0.4) is 0 Å². The van der Waals surface area contributed by atoms with Crippen molar-refractivity contribution in [3.63, 3.8) is 0 Å². The van der Waals surface area contributed by atoms with Crippen LogP contribution in [0.2, 0.25) is 0 Å². The van der Waals surface area contributed by atoms with Crippen molar-refractivity contribution in [1.82, 2.24) is 0 Å². The third-order valence-electron chi connectivity index (χ3n) is 7.14. The minimum absolute atomic E-state index is 0.0751. The molecule has 7 rings (SSSR count). The Bertz CT molecular complexity index is 1560. The zero-order valence-corrected chi connectivity index (χ0v) is 20.2. The average molecular weight is 465 g/mol. The van der Waals surface area contributed by atoms with Crippen LogP contribution in [-0.4, -0.2) is 6.71 Å². The van der Waals surface area contributed by atoms with E-state index in [1.807, 2.05) is 30.3 Å². The molecule has 0 aromatic heterocycles. The summed E-state index contributed by atoms with van der Waals surface area (Å²) in [4.78, 5) is 2.28. The molecular formula is C32H24BNO2. The lowest BCUT2D eigenvalue weighted by molar-refractivity contribution is 0.464. The molecule has 172 valence electrons. The number of para-hydroxylation sites is 1. The van der Waals surface area contributed by atoms with Crippen LogP contribution in [0.5, 0.6) is 23.0 Å². The molecule has 0 saturated carbocycles. The fourth-order valence-electron chi connectivity index (χ4n) is 5.34. The second-order valence-electron chi connectivity index (χ2n) is 9.57. The van der Waals surface area contributed by atoms with Gasteiger partial charge in [-0.1, -0.05) is 65.7 Å². The van der Waals surface area contributed by atoms with Crippen LogP contribution in [-0.2, 0) is 0 Å². The average Bonchev–Trinajstić information content (AvgIpc) is 2.91. The lowest BCUT2D eigenvalue weighted by Gasteiger charge is -2.33. The van der Waals surface area contributed by atoms with E-state index in [4.69, 9.17) is 9.47 Å². The zero-order valence-electron chi connectivity index (χ0n) is 20.2. The maximum Gasteiger partial charge on any atom is 0.260 e. The predicted octanol–water partition coefficient (Wildman–Crippen LogP) is 6.50. The summed E-state index contributed by atoms with van der Waals surface area (Å²) in [7, 11) is 0. The van der Waals surface area contributed by atoms with E-state index in [1.165, 1.54) is 16.6 Å². The Hall–Kier alpha value is -4.44. The molecule has 2 heterocycles. The Labute approximate surface area is 211 Å². The van der Waals surface area contributed by atoms with E-state index in [-0.39, 0.29) is 6.71 Å². The van der Waals surface area contributed by atoms with Gasteiger partial charge in [-0.05, 0) is 73.3 Å². The monoisotopic (exact) mass is 465 g/mol. The van der Waals surface area contributed by atoms with Crippen molar-refractivity contribution in [2.24, 2.45) is 0 Å². The Kier molecular flexibility index (Phi) is 4.68. The van der Waals surface area contributed by atoms with Gasteiger partial charge in [0.2, 0.25) is 0 Å². The third-order valence-corrected chi connectivity index (χ3v) is 7.14. The van der Waals surface area contributed by atoms with E-state index in [0.717, 1.165) is 51.0 Å². The Morgan fingerprint density at radius 1 is 0.500 bits per heavy atom. The summed E-state index contributed by atoms with van der Waals surface area (Å²) in [5.41, 5.74) is 9.18. The molecule has 0 bridgehead atoms. The van der Waals surface area contributed by atoms with Gasteiger partial charge in [-0.25, -0.2) is 0 Å². The maximum absolute atomic E-state index is 6.53. The second kappa shape index (κ2) is 8.06. The normalized spacial score (nSPS) is 12.6. The van der Waals surface area contributed by atoms with Crippen molar-refractivity contribution in [2.45, 2.75) is 13.8 Å². The van der Waals surface area contributed by atoms with Crippen molar-refractivity contribution in [3.05, 3.63) is 120 Å². The number of anilines is 3. The first-order valence-corrected chi connectivity index (χ1v) is 12.3. The highest BCUT2D eigenvalue weighted by atomic mass is 16.5. The van der Waals surface area contributed by atoms with E-state index in [0.29, 0.717) is 0 Å². The van der Waals surface area contributed by atoms with Gasteiger partial charge in [0.1, 0.15) is 23.0 Å². The molecule has 0 aliphatic carbocycles. The molecule has 4 heteroatoms. The first-order valence-electron chi connectivity index (χ1n) is 12.3. The maximum atomic E-state index is 6.53. The van der Waals surface area contributed by atoms with E-state index < -0.39 is 0 Å². The summed E-state index contributed by atoms with van der Waals surface area (Å²) in [6, 6.07) is 38.3.